The van der Waals surface area contributed by atoms with E-state index in [0.717, 1.165) is 11.3 Å². The number of methoxy groups -OCH3 is 1. The minimum Gasteiger partial charge on any atom is -0.497 e. The molecular formula is C30H41N5O6. The molecule has 4 amide bonds. The number of nitrogens with zero attached hydrogens (tertiary/aromatic N) is 3. The lowest BCUT2D eigenvalue weighted by atomic mass is 9.93. The van der Waals surface area contributed by atoms with Crippen LogP contribution in [0, 0.1) is 17.2 Å². The zero-order chi connectivity index (χ0) is 30.2. The molecule has 0 spiro atoms. The number of alkyl carbamates (subject to hydrolysis) is 1. The van der Waals surface area contributed by atoms with Crippen LogP contribution in [-0.2, 0) is 25.5 Å². The fourth-order valence-electron chi connectivity index (χ4n) is 5.24. The van der Waals surface area contributed by atoms with Crippen LogP contribution < -0.4 is 15.4 Å². The van der Waals surface area contributed by atoms with Gasteiger partial charge in [0.2, 0.25) is 5.91 Å². The van der Waals surface area contributed by atoms with Crippen LogP contribution in [0.4, 0.5) is 4.79 Å². The summed E-state index contributed by atoms with van der Waals surface area (Å²) in [6.07, 6.45) is 2.37. The number of hydrogen-bond donors (Lipinski definition) is 2. The number of ether oxygens (including phenoxy) is 2. The van der Waals surface area contributed by atoms with E-state index in [2.05, 4.69) is 21.7 Å². The van der Waals surface area contributed by atoms with Crippen molar-refractivity contribution < 1.29 is 28.7 Å². The lowest BCUT2D eigenvalue weighted by molar-refractivity contribution is -0.135. The molecule has 2 aliphatic heterocycles. The Morgan fingerprint density at radius 1 is 1.15 bits per heavy atom. The zero-order valence-electron chi connectivity index (χ0n) is 24.6. The van der Waals surface area contributed by atoms with Gasteiger partial charge in [-0.05, 0) is 77.0 Å². The van der Waals surface area contributed by atoms with Gasteiger partial charge in [-0.1, -0.05) is 19.1 Å². The summed E-state index contributed by atoms with van der Waals surface area (Å²) in [5, 5.41) is 14.9. The highest BCUT2D eigenvalue weighted by atomic mass is 16.6. The second-order valence-electron chi connectivity index (χ2n) is 11.4. The Morgan fingerprint density at radius 2 is 1.83 bits per heavy atom. The Kier molecular flexibility index (Phi) is 10.9. The summed E-state index contributed by atoms with van der Waals surface area (Å²) in [5.74, 6) is -1.23. The van der Waals surface area contributed by atoms with Crippen LogP contribution in [0.25, 0.3) is 0 Å². The fraction of sp³-hybridized carbons (Fsp3) is 0.600. The van der Waals surface area contributed by atoms with Crippen molar-refractivity contribution in [2.24, 2.45) is 10.9 Å². The first-order chi connectivity index (χ1) is 19.5. The summed E-state index contributed by atoms with van der Waals surface area (Å²) < 4.78 is 10.4. The molecule has 2 saturated heterocycles. The molecule has 0 unspecified atom stereocenters. The number of carbonyl (C=O) groups is 4. The molecule has 1 aromatic rings. The van der Waals surface area contributed by atoms with Crippen LogP contribution in [0.5, 0.6) is 5.75 Å². The van der Waals surface area contributed by atoms with Crippen LogP contribution in [-0.4, -0.2) is 71.8 Å². The molecule has 11 heteroatoms. The van der Waals surface area contributed by atoms with Crippen molar-refractivity contribution >= 4 is 29.5 Å². The molecule has 3 rings (SSSR count). The van der Waals surface area contributed by atoms with E-state index in [9.17, 15) is 24.4 Å². The number of nitriles is 1. The minimum atomic E-state index is -0.998. The van der Waals surface area contributed by atoms with E-state index in [1.807, 2.05) is 24.3 Å². The highest BCUT2D eigenvalue weighted by molar-refractivity contribution is 6.41. The quantitative estimate of drug-likeness (QED) is 0.465. The summed E-state index contributed by atoms with van der Waals surface area (Å²) in [6.45, 7) is 7.25. The average Bonchev–Trinajstić information content (AvgIpc) is 3.31. The molecule has 2 fully saturated rings. The smallest absolute Gasteiger partial charge is 0.408 e. The van der Waals surface area contributed by atoms with Gasteiger partial charge >= 0.3 is 6.09 Å². The number of aliphatic imine (C=N–C) groups is 1. The summed E-state index contributed by atoms with van der Waals surface area (Å²) >= 11 is 0. The number of amides is 4. The van der Waals surface area contributed by atoms with Crippen molar-refractivity contribution in [2.75, 3.05) is 13.7 Å². The normalized spacial score (nSPS) is 22.2. The molecule has 2 heterocycles. The molecular weight excluding hydrogens is 526 g/mol. The van der Waals surface area contributed by atoms with Crippen LogP contribution in [0.15, 0.2) is 29.3 Å². The molecule has 1 aromatic carbocycles. The lowest BCUT2D eigenvalue weighted by Crippen LogP contribution is -2.51. The first kappa shape index (κ1) is 31.6. The molecule has 0 radical (unpaired) electrons. The van der Waals surface area contributed by atoms with Crippen molar-refractivity contribution in [3.8, 4) is 11.8 Å². The molecule has 222 valence electrons. The van der Waals surface area contributed by atoms with Gasteiger partial charge in [0, 0.05) is 24.9 Å². The Hall–Kier alpha value is -3.94. The van der Waals surface area contributed by atoms with Gasteiger partial charge < -0.3 is 25.0 Å². The number of fused-ring (bicyclic) bond motifs is 1. The lowest BCUT2D eigenvalue weighted by Gasteiger charge is -2.28. The van der Waals surface area contributed by atoms with E-state index in [1.54, 1.807) is 39.7 Å². The first-order valence-corrected chi connectivity index (χ1v) is 14.2. The monoisotopic (exact) mass is 567 g/mol. The summed E-state index contributed by atoms with van der Waals surface area (Å²) in [6, 6.07) is 7.83. The van der Waals surface area contributed by atoms with Gasteiger partial charge in [-0.2, -0.15) is 5.26 Å². The standard InChI is InChI=1S/C30H41N5O6/c1-6-23(33-29(39)41-30(2,3)4)26(36)34-25-20(15-17-31)9-10-21-11-14-24(35(21)28(25)38)27(37)32-18-16-19-7-12-22(40-5)13-8-19/h7-8,12-13,20-21,23-24H,6,9-11,14-16,18H2,1-5H3,(H,32,37)(H,33,39)/t20-,21+,23+,24+/m1/s1. The van der Waals surface area contributed by atoms with E-state index in [1.165, 1.54) is 0 Å². The van der Waals surface area contributed by atoms with Gasteiger partial charge in [0.05, 0.1) is 13.2 Å². The van der Waals surface area contributed by atoms with E-state index in [4.69, 9.17) is 9.47 Å². The van der Waals surface area contributed by atoms with Crippen LogP contribution >= 0.6 is 0 Å². The predicted molar refractivity (Wildman–Crippen MR) is 152 cm³/mol. The van der Waals surface area contributed by atoms with Crippen molar-refractivity contribution in [2.45, 2.75) is 96.4 Å². The minimum absolute atomic E-state index is 0.0213. The van der Waals surface area contributed by atoms with E-state index < -0.39 is 41.5 Å². The maximum Gasteiger partial charge on any atom is 0.408 e. The number of benzene rings is 1. The number of carbonyl (C=O) groups excluding carboxylic acids is 4. The third-order valence-electron chi connectivity index (χ3n) is 7.33. The van der Waals surface area contributed by atoms with Crippen LogP contribution in [0.2, 0.25) is 0 Å². The highest BCUT2D eigenvalue weighted by Crippen LogP contribution is 2.34. The third kappa shape index (κ3) is 8.52. The van der Waals surface area contributed by atoms with Gasteiger partial charge in [0.25, 0.3) is 11.8 Å². The predicted octanol–water partition coefficient (Wildman–Crippen LogP) is 3.31. The van der Waals surface area contributed by atoms with Crippen molar-refractivity contribution in [3.05, 3.63) is 29.8 Å². The molecule has 11 nitrogen and oxygen atoms in total. The van der Waals surface area contributed by atoms with Gasteiger partial charge in [-0.25, -0.2) is 9.79 Å². The number of nitrogens with one attached hydrogen (secondary N) is 2. The SMILES string of the molecule is CC[C@H](NC(=O)OC(C)(C)C)C(=O)N=C1C(=O)N2[C@@H](CC[C@@H]1CC#N)CC[C@H]2C(=O)NCCc1ccc(OC)cc1. The third-order valence-corrected chi connectivity index (χ3v) is 7.33. The average molecular weight is 568 g/mol. The Morgan fingerprint density at radius 3 is 2.44 bits per heavy atom. The van der Waals surface area contributed by atoms with Crippen LogP contribution in [0.3, 0.4) is 0 Å². The van der Waals surface area contributed by atoms with Crippen molar-refractivity contribution in [1.82, 2.24) is 15.5 Å². The molecule has 2 aliphatic rings. The second-order valence-corrected chi connectivity index (χ2v) is 11.4. The largest absolute Gasteiger partial charge is 0.497 e. The van der Waals surface area contributed by atoms with Crippen molar-refractivity contribution in [3.63, 3.8) is 0 Å². The maximum atomic E-state index is 13.9. The highest BCUT2D eigenvalue weighted by Gasteiger charge is 2.46. The molecule has 0 aliphatic carbocycles. The molecule has 41 heavy (non-hydrogen) atoms. The first-order valence-electron chi connectivity index (χ1n) is 14.2. The van der Waals surface area contributed by atoms with E-state index in [-0.39, 0.29) is 30.5 Å². The Balaban J connectivity index is 1.75. The second kappa shape index (κ2) is 14.1. The topological polar surface area (TPSA) is 150 Å². The van der Waals surface area contributed by atoms with E-state index in [0.29, 0.717) is 38.6 Å². The van der Waals surface area contributed by atoms with Gasteiger partial charge in [0.1, 0.15) is 29.1 Å². The molecule has 2 N–H and O–H groups in total. The molecule has 0 saturated carbocycles. The summed E-state index contributed by atoms with van der Waals surface area (Å²) in [7, 11) is 1.60. The molecule has 0 aromatic heterocycles. The number of hydrogen-bond acceptors (Lipinski definition) is 7. The van der Waals surface area contributed by atoms with Crippen LogP contribution in [0.1, 0.15) is 71.8 Å². The van der Waals surface area contributed by atoms with Gasteiger partial charge in [-0.3, -0.25) is 14.4 Å². The van der Waals surface area contributed by atoms with Gasteiger partial charge in [0.15, 0.2) is 0 Å². The fourth-order valence-corrected chi connectivity index (χ4v) is 5.24. The van der Waals surface area contributed by atoms with E-state index >= 15 is 0 Å². The Labute approximate surface area is 241 Å². The zero-order valence-corrected chi connectivity index (χ0v) is 24.6. The summed E-state index contributed by atoms with van der Waals surface area (Å²) in [4.78, 5) is 58.3. The Bertz CT molecular complexity index is 1180. The molecule has 4 atom stereocenters. The van der Waals surface area contributed by atoms with Gasteiger partial charge in [-0.15, -0.1) is 0 Å². The summed E-state index contributed by atoms with van der Waals surface area (Å²) in [5.41, 5.74) is 0.266. The van der Waals surface area contributed by atoms with Crippen molar-refractivity contribution in [1.29, 1.82) is 5.26 Å². The molecule has 0 bridgehead atoms. The maximum absolute atomic E-state index is 13.9. The number of rotatable bonds is 9.